The molecule has 168 valence electrons. The van der Waals surface area contributed by atoms with E-state index in [0.29, 0.717) is 6.01 Å². The van der Waals surface area contributed by atoms with Crippen molar-refractivity contribution in [2.75, 3.05) is 43.1 Å². The Hall–Kier alpha value is -3.22. The second-order valence-corrected chi connectivity index (χ2v) is 8.69. The van der Waals surface area contributed by atoms with E-state index in [1.165, 1.54) is 0 Å². The molecule has 2 aromatic carbocycles. The zero-order valence-corrected chi connectivity index (χ0v) is 18.5. The second-order valence-electron chi connectivity index (χ2n) is 8.69. The number of aromatic nitrogens is 1. The highest BCUT2D eigenvalue weighted by Crippen LogP contribution is 2.30. The van der Waals surface area contributed by atoms with E-state index < -0.39 is 0 Å². The molecule has 2 aliphatic heterocycles. The van der Waals surface area contributed by atoms with E-state index >= 15 is 0 Å². The average Bonchev–Trinajstić information content (AvgIpc) is 3.29. The van der Waals surface area contributed by atoms with Gasteiger partial charge < -0.3 is 24.3 Å². The molecule has 1 N–H and O–H groups in total. The number of para-hydroxylation sites is 4. The first-order chi connectivity index (χ1) is 15.7. The molecule has 2 saturated heterocycles. The first-order valence-corrected chi connectivity index (χ1v) is 11.5. The Morgan fingerprint density at radius 3 is 2.62 bits per heavy atom. The van der Waals surface area contributed by atoms with E-state index in [-0.39, 0.29) is 17.9 Å². The van der Waals surface area contributed by atoms with E-state index in [9.17, 15) is 4.79 Å². The second kappa shape index (κ2) is 9.10. The van der Waals surface area contributed by atoms with Gasteiger partial charge in [0, 0.05) is 38.1 Å². The normalized spacial score (nSPS) is 19.8. The van der Waals surface area contributed by atoms with Crippen molar-refractivity contribution in [3.8, 4) is 5.75 Å². The van der Waals surface area contributed by atoms with Crippen molar-refractivity contribution >= 4 is 28.7 Å². The van der Waals surface area contributed by atoms with Crippen molar-refractivity contribution < 1.29 is 13.9 Å². The number of rotatable bonds is 5. The molecule has 1 unspecified atom stereocenters. The maximum absolute atomic E-state index is 13.0. The minimum Gasteiger partial charge on any atom is -0.495 e. The molecular weight excluding hydrogens is 404 g/mol. The van der Waals surface area contributed by atoms with Crippen LogP contribution in [-0.4, -0.2) is 50.2 Å². The van der Waals surface area contributed by atoms with Gasteiger partial charge in [0.1, 0.15) is 11.3 Å². The van der Waals surface area contributed by atoms with Crippen molar-refractivity contribution in [2.24, 2.45) is 5.92 Å². The fourth-order valence-electron chi connectivity index (χ4n) is 4.85. The van der Waals surface area contributed by atoms with Crippen LogP contribution in [0.15, 0.2) is 52.9 Å². The molecule has 7 nitrogen and oxygen atoms in total. The van der Waals surface area contributed by atoms with Crippen molar-refractivity contribution in [3.63, 3.8) is 0 Å². The molecular formula is C25H30N4O3. The van der Waals surface area contributed by atoms with Crippen LogP contribution in [0.4, 0.5) is 11.7 Å². The number of oxazole rings is 1. The SMILES string of the molecule is COc1ccccc1N1CCCC(NC(=O)C2CCN(c3nc4ccccc4o3)CC2)C1. The number of hydrogen-bond acceptors (Lipinski definition) is 6. The van der Waals surface area contributed by atoms with Gasteiger partial charge in [0.25, 0.3) is 6.01 Å². The van der Waals surface area contributed by atoms with Crippen LogP contribution in [-0.2, 0) is 4.79 Å². The molecule has 0 spiro atoms. The predicted molar refractivity (Wildman–Crippen MR) is 125 cm³/mol. The van der Waals surface area contributed by atoms with Gasteiger partial charge in [0.05, 0.1) is 12.8 Å². The average molecular weight is 435 g/mol. The minimum absolute atomic E-state index is 0.0391. The lowest BCUT2D eigenvalue weighted by Crippen LogP contribution is -2.50. The van der Waals surface area contributed by atoms with Gasteiger partial charge in [0.15, 0.2) is 5.58 Å². The van der Waals surface area contributed by atoms with Gasteiger partial charge in [-0.1, -0.05) is 24.3 Å². The van der Waals surface area contributed by atoms with Crippen molar-refractivity contribution in [2.45, 2.75) is 31.7 Å². The topological polar surface area (TPSA) is 70.8 Å². The van der Waals surface area contributed by atoms with Crippen LogP contribution in [0.5, 0.6) is 5.75 Å². The number of amides is 1. The summed E-state index contributed by atoms with van der Waals surface area (Å²) in [6.45, 7) is 3.36. The Morgan fingerprint density at radius 2 is 1.81 bits per heavy atom. The van der Waals surface area contributed by atoms with Gasteiger partial charge in [0.2, 0.25) is 5.91 Å². The number of hydrogen-bond donors (Lipinski definition) is 1. The molecule has 0 bridgehead atoms. The van der Waals surface area contributed by atoms with Crippen LogP contribution < -0.4 is 19.9 Å². The molecule has 0 radical (unpaired) electrons. The quantitative estimate of drug-likeness (QED) is 0.658. The number of benzene rings is 2. The number of fused-ring (bicyclic) bond motifs is 1. The van der Waals surface area contributed by atoms with E-state index in [2.05, 4.69) is 26.2 Å². The third-order valence-electron chi connectivity index (χ3n) is 6.61. The van der Waals surface area contributed by atoms with E-state index in [0.717, 1.165) is 74.4 Å². The van der Waals surface area contributed by atoms with Crippen molar-refractivity contribution in [1.82, 2.24) is 10.3 Å². The summed E-state index contributed by atoms with van der Waals surface area (Å²) in [5.41, 5.74) is 2.78. The summed E-state index contributed by atoms with van der Waals surface area (Å²) in [5, 5.41) is 3.32. The van der Waals surface area contributed by atoms with Crippen LogP contribution in [0.3, 0.4) is 0 Å². The van der Waals surface area contributed by atoms with Gasteiger partial charge in [-0.3, -0.25) is 4.79 Å². The van der Waals surface area contributed by atoms with Crippen LogP contribution in [0.25, 0.3) is 11.1 Å². The highest BCUT2D eigenvalue weighted by atomic mass is 16.5. The third-order valence-corrected chi connectivity index (χ3v) is 6.61. The molecule has 1 aromatic heterocycles. The summed E-state index contributed by atoms with van der Waals surface area (Å²) in [5.74, 6) is 1.09. The lowest BCUT2D eigenvalue weighted by molar-refractivity contribution is -0.126. The summed E-state index contributed by atoms with van der Waals surface area (Å²) < 4.78 is 11.4. The molecule has 1 amide bonds. The lowest BCUT2D eigenvalue weighted by atomic mass is 9.95. The Bertz CT molecular complexity index is 1040. The number of anilines is 2. The third kappa shape index (κ3) is 4.24. The molecule has 1 atom stereocenters. The maximum Gasteiger partial charge on any atom is 0.298 e. The van der Waals surface area contributed by atoms with E-state index in [1.807, 2.05) is 42.5 Å². The summed E-state index contributed by atoms with van der Waals surface area (Å²) in [4.78, 5) is 22.1. The van der Waals surface area contributed by atoms with Gasteiger partial charge in [-0.25, -0.2) is 0 Å². The van der Waals surface area contributed by atoms with Gasteiger partial charge >= 0.3 is 0 Å². The van der Waals surface area contributed by atoms with Crippen LogP contribution in [0, 0.1) is 5.92 Å². The molecule has 7 heteroatoms. The Morgan fingerprint density at radius 1 is 1.03 bits per heavy atom. The Labute approximate surface area is 188 Å². The molecule has 3 aromatic rings. The first-order valence-electron chi connectivity index (χ1n) is 11.5. The Kier molecular flexibility index (Phi) is 5.88. The molecule has 2 fully saturated rings. The summed E-state index contributed by atoms with van der Waals surface area (Å²) in [6.07, 6.45) is 3.69. The fraction of sp³-hybridized carbons (Fsp3) is 0.440. The molecule has 5 rings (SSSR count). The number of carbonyl (C=O) groups is 1. The molecule has 0 saturated carbocycles. The number of methoxy groups -OCH3 is 1. The Balaban J connectivity index is 1.16. The van der Waals surface area contributed by atoms with Crippen LogP contribution in [0.2, 0.25) is 0 Å². The summed E-state index contributed by atoms with van der Waals surface area (Å²) in [6, 6.07) is 16.7. The van der Waals surface area contributed by atoms with E-state index in [1.54, 1.807) is 7.11 Å². The van der Waals surface area contributed by atoms with Crippen LogP contribution in [0.1, 0.15) is 25.7 Å². The predicted octanol–water partition coefficient (Wildman–Crippen LogP) is 3.84. The molecule has 0 aliphatic carbocycles. The molecule has 32 heavy (non-hydrogen) atoms. The zero-order valence-electron chi connectivity index (χ0n) is 18.5. The lowest BCUT2D eigenvalue weighted by Gasteiger charge is -2.36. The minimum atomic E-state index is 0.0391. The number of nitrogens with one attached hydrogen (secondary N) is 1. The highest BCUT2D eigenvalue weighted by Gasteiger charge is 2.30. The number of piperidine rings is 2. The van der Waals surface area contributed by atoms with Gasteiger partial charge in [-0.05, 0) is 49.9 Å². The smallest absolute Gasteiger partial charge is 0.298 e. The first kappa shape index (κ1) is 20.7. The van der Waals surface area contributed by atoms with Crippen molar-refractivity contribution in [1.29, 1.82) is 0 Å². The highest BCUT2D eigenvalue weighted by molar-refractivity contribution is 5.79. The zero-order chi connectivity index (χ0) is 21.9. The molecule has 3 heterocycles. The van der Waals surface area contributed by atoms with Crippen molar-refractivity contribution in [3.05, 3.63) is 48.5 Å². The number of carbonyl (C=O) groups excluding carboxylic acids is 1. The largest absolute Gasteiger partial charge is 0.495 e. The monoisotopic (exact) mass is 434 g/mol. The van der Waals surface area contributed by atoms with Gasteiger partial charge in [-0.2, -0.15) is 4.98 Å². The van der Waals surface area contributed by atoms with Gasteiger partial charge in [-0.15, -0.1) is 0 Å². The molecule has 2 aliphatic rings. The summed E-state index contributed by atoms with van der Waals surface area (Å²) >= 11 is 0. The number of nitrogens with zero attached hydrogens (tertiary/aromatic N) is 3. The standard InChI is InChI=1S/C25H30N4O3/c1-31-23-11-5-3-9-21(23)29-14-6-7-19(17-29)26-24(30)18-12-15-28(16-13-18)25-27-20-8-2-4-10-22(20)32-25/h2-5,8-11,18-19H,6-7,12-17H2,1H3,(H,26,30). The van der Waals surface area contributed by atoms with E-state index in [4.69, 9.17) is 9.15 Å². The summed E-state index contributed by atoms with van der Waals surface area (Å²) in [7, 11) is 1.70. The fourth-order valence-corrected chi connectivity index (χ4v) is 4.85. The van der Waals surface area contributed by atoms with Crippen LogP contribution >= 0.6 is 0 Å². The maximum atomic E-state index is 13.0. The number of ether oxygens (including phenoxy) is 1.